The number of fused-ring (bicyclic) bond motifs is 1. The summed E-state index contributed by atoms with van der Waals surface area (Å²) in [4.78, 5) is 4.29. The lowest BCUT2D eigenvalue weighted by Crippen LogP contribution is -2.00. The van der Waals surface area contributed by atoms with Gasteiger partial charge in [0.05, 0.1) is 11.7 Å². The van der Waals surface area contributed by atoms with E-state index < -0.39 is 11.9 Å². The van der Waals surface area contributed by atoms with Crippen molar-refractivity contribution in [1.82, 2.24) is 4.98 Å². The lowest BCUT2D eigenvalue weighted by molar-refractivity contribution is 0.190. The summed E-state index contributed by atoms with van der Waals surface area (Å²) in [6.07, 6.45) is 0.722. The van der Waals surface area contributed by atoms with Crippen LogP contribution in [0.1, 0.15) is 18.6 Å². The molecule has 0 aliphatic heterocycles. The first-order valence-electron chi connectivity index (χ1n) is 6.65. The summed E-state index contributed by atoms with van der Waals surface area (Å²) in [5, 5.41) is 10.7. The largest absolute Gasteiger partial charge is 0.455 e. The number of hydrogen-bond donors (Lipinski definition) is 1. The van der Waals surface area contributed by atoms with Crippen LogP contribution in [0.2, 0.25) is 0 Å². The second kappa shape index (κ2) is 5.50. The molecule has 0 radical (unpaired) electrons. The molecule has 3 rings (SSSR count). The van der Waals surface area contributed by atoms with Crippen LogP contribution in [0.4, 0.5) is 4.39 Å². The molecule has 1 heterocycles. The Morgan fingerprint density at radius 2 is 1.76 bits per heavy atom. The highest BCUT2D eigenvalue weighted by Crippen LogP contribution is 2.34. The summed E-state index contributed by atoms with van der Waals surface area (Å²) in [6, 6.07) is 13.8. The molecule has 0 aliphatic carbocycles. The highest BCUT2D eigenvalue weighted by molar-refractivity contribution is 5.84. The Bertz CT molecular complexity index is 781. The van der Waals surface area contributed by atoms with Gasteiger partial charge < -0.3 is 9.84 Å². The van der Waals surface area contributed by atoms with Gasteiger partial charge in [-0.05, 0) is 31.2 Å². The van der Waals surface area contributed by atoms with Crippen LogP contribution in [0.25, 0.3) is 10.9 Å². The zero-order valence-corrected chi connectivity index (χ0v) is 11.5. The van der Waals surface area contributed by atoms with Crippen molar-refractivity contribution in [2.45, 2.75) is 13.0 Å². The second-order valence-corrected chi connectivity index (χ2v) is 4.76. The number of hydrogen-bond acceptors (Lipinski definition) is 3. The van der Waals surface area contributed by atoms with E-state index in [9.17, 15) is 9.50 Å². The number of halogens is 1. The van der Waals surface area contributed by atoms with Crippen LogP contribution in [0.5, 0.6) is 11.5 Å². The lowest BCUT2D eigenvalue weighted by atomic mass is 10.1. The lowest BCUT2D eigenvalue weighted by Gasteiger charge is -2.14. The summed E-state index contributed by atoms with van der Waals surface area (Å²) >= 11 is 0. The Kier molecular flexibility index (Phi) is 3.54. The quantitative estimate of drug-likeness (QED) is 0.782. The third kappa shape index (κ3) is 2.58. The van der Waals surface area contributed by atoms with E-state index in [1.807, 2.05) is 24.3 Å². The topological polar surface area (TPSA) is 42.4 Å². The first-order valence-corrected chi connectivity index (χ1v) is 6.65. The van der Waals surface area contributed by atoms with Crippen molar-refractivity contribution in [3.63, 3.8) is 0 Å². The molecule has 1 aromatic heterocycles. The molecule has 1 unspecified atom stereocenters. The van der Waals surface area contributed by atoms with Gasteiger partial charge in [-0.3, -0.25) is 4.98 Å². The maximum absolute atomic E-state index is 13.9. The molecule has 0 aliphatic rings. The smallest absolute Gasteiger partial charge is 0.153 e. The normalized spacial score (nSPS) is 12.3. The fourth-order valence-electron chi connectivity index (χ4n) is 2.29. The molecule has 1 atom stereocenters. The minimum absolute atomic E-state index is 0.144. The Labute approximate surface area is 121 Å². The van der Waals surface area contributed by atoms with Crippen LogP contribution in [0.15, 0.2) is 54.7 Å². The standard InChI is InChI=1S/C17H14FNO2/c1-11(20)16-13(18)7-3-8-14(16)21-15-9-2-5-12-6-4-10-19-17(12)15/h2-11,20H,1H3. The summed E-state index contributed by atoms with van der Waals surface area (Å²) in [5.41, 5.74) is 0.839. The monoisotopic (exact) mass is 283 g/mol. The molecule has 0 fully saturated rings. The predicted octanol–water partition coefficient (Wildman–Crippen LogP) is 4.22. The van der Waals surface area contributed by atoms with Crippen LogP contribution in [-0.2, 0) is 0 Å². The minimum Gasteiger partial charge on any atom is -0.455 e. The molecule has 4 heteroatoms. The van der Waals surface area contributed by atoms with Crippen LogP contribution in [0, 0.1) is 5.82 Å². The van der Waals surface area contributed by atoms with E-state index in [1.54, 1.807) is 24.4 Å². The maximum atomic E-state index is 13.9. The van der Waals surface area contributed by atoms with Crippen LogP contribution < -0.4 is 4.74 Å². The maximum Gasteiger partial charge on any atom is 0.153 e. The van der Waals surface area contributed by atoms with Gasteiger partial charge in [-0.25, -0.2) is 4.39 Å². The molecule has 21 heavy (non-hydrogen) atoms. The van der Waals surface area contributed by atoms with E-state index in [0.29, 0.717) is 17.0 Å². The molecular weight excluding hydrogens is 269 g/mol. The molecule has 2 aromatic carbocycles. The van der Waals surface area contributed by atoms with Gasteiger partial charge in [-0.15, -0.1) is 0 Å². The van der Waals surface area contributed by atoms with Gasteiger partial charge in [0, 0.05) is 11.6 Å². The molecular formula is C17H14FNO2. The summed E-state index contributed by atoms with van der Waals surface area (Å²) < 4.78 is 19.7. The highest BCUT2D eigenvalue weighted by Gasteiger charge is 2.16. The van der Waals surface area contributed by atoms with E-state index in [0.717, 1.165) is 5.39 Å². The van der Waals surface area contributed by atoms with Gasteiger partial charge in [-0.1, -0.05) is 24.3 Å². The van der Waals surface area contributed by atoms with Crippen molar-refractivity contribution >= 4 is 10.9 Å². The van der Waals surface area contributed by atoms with Crippen LogP contribution in [-0.4, -0.2) is 10.1 Å². The SMILES string of the molecule is CC(O)c1c(F)cccc1Oc1cccc2cccnc12. The van der Waals surface area contributed by atoms with Gasteiger partial charge in [0.25, 0.3) is 0 Å². The molecule has 0 saturated carbocycles. The van der Waals surface area contributed by atoms with Crippen molar-refractivity contribution < 1.29 is 14.2 Å². The van der Waals surface area contributed by atoms with E-state index >= 15 is 0 Å². The fraction of sp³-hybridized carbons (Fsp3) is 0.118. The predicted molar refractivity (Wildman–Crippen MR) is 78.9 cm³/mol. The number of ether oxygens (including phenoxy) is 1. The van der Waals surface area contributed by atoms with Crippen LogP contribution in [0.3, 0.4) is 0 Å². The number of nitrogens with zero attached hydrogens (tertiary/aromatic N) is 1. The highest BCUT2D eigenvalue weighted by atomic mass is 19.1. The minimum atomic E-state index is -0.955. The zero-order chi connectivity index (χ0) is 14.8. The Morgan fingerprint density at radius 3 is 2.57 bits per heavy atom. The summed E-state index contributed by atoms with van der Waals surface area (Å²) in [5.74, 6) is 0.333. The van der Waals surface area contributed by atoms with Gasteiger partial charge in [0.15, 0.2) is 5.75 Å². The fourth-order valence-corrected chi connectivity index (χ4v) is 2.29. The third-order valence-corrected chi connectivity index (χ3v) is 3.25. The third-order valence-electron chi connectivity index (χ3n) is 3.25. The average Bonchev–Trinajstić information content (AvgIpc) is 2.47. The van der Waals surface area contributed by atoms with E-state index in [2.05, 4.69) is 4.98 Å². The van der Waals surface area contributed by atoms with E-state index in [4.69, 9.17) is 4.74 Å². The molecule has 0 amide bonds. The Morgan fingerprint density at radius 1 is 1.05 bits per heavy atom. The number of pyridine rings is 1. The Hall–Kier alpha value is -2.46. The first-order chi connectivity index (χ1) is 10.2. The number of aromatic nitrogens is 1. The number of rotatable bonds is 3. The van der Waals surface area contributed by atoms with E-state index in [1.165, 1.54) is 13.0 Å². The van der Waals surface area contributed by atoms with E-state index in [-0.39, 0.29) is 5.56 Å². The van der Waals surface area contributed by atoms with Crippen molar-refractivity contribution in [3.8, 4) is 11.5 Å². The van der Waals surface area contributed by atoms with Crippen molar-refractivity contribution in [3.05, 3.63) is 66.1 Å². The van der Waals surface area contributed by atoms with Gasteiger partial charge in [0.2, 0.25) is 0 Å². The average molecular weight is 283 g/mol. The molecule has 3 aromatic rings. The number of aliphatic hydroxyl groups excluding tert-OH is 1. The molecule has 106 valence electrons. The Balaban J connectivity index is 2.09. The van der Waals surface area contributed by atoms with Crippen molar-refractivity contribution in [2.75, 3.05) is 0 Å². The number of para-hydroxylation sites is 1. The molecule has 0 saturated heterocycles. The molecule has 1 N–H and O–H groups in total. The number of aliphatic hydroxyl groups is 1. The summed E-state index contributed by atoms with van der Waals surface area (Å²) in [7, 11) is 0. The molecule has 0 spiro atoms. The second-order valence-electron chi connectivity index (χ2n) is 4.76. The number of benzene rings is 2. The molecule has 0 bridgehead atoms. The van der Waals surface area contributed by atoms with Crippen molar-refractivity contribution in [1.29, 1.82) is 0 Å². The van der Waals surface area contributed by atoms with Gasteiger partial charge in [-0.2, -0.15) is 0 Å². The summed E-state index contributed by atoms with van der Waals surface area (Å²) in [6.45, 7) is 1.51. The first kappa shape index (κ1) is 13.5. The van der Waals surface area contributed by atoms with Gasteiger partial charge in [0.1, 0.15) is 17.1 Å². The zero-order valence-electron chi connectivity index (χ0n) is 11.5. The van der Waals surface area contributed by atoms with Gasteiger partial charge >= 0.3 is 0 Å². The molecule has 3 nitrogen and oxygen atoms in total. The van der Waals surface area contributed by atoms with Crippen molar-refractivity contribution in [2.24, 2.45) is 0 Å². The van der Waals surface area contributed by atoms with Crippen LogP contribution >= 0.6 is 0 Å².